The lowest BCUT2D eigenvalue weighted by atomic mass is 9.49. The Balaban J connectivity index is 0.00000135. The zero-order valence-corrected chi connectivity index (χ0v) is 15.3. The minimum atomic E-state index is 0. The first kappa shape index (κ1) is 15.6. The number of para-hydroxylation sites is 1. The third kappa shape index (κ3) is 2.73. The largest absolute Gasteiger partial charge is 1.00 e. The van der Waals surface area contributed by atoms with E-state index in [-0.39, 0.29) is 17.0 Å². The molecule has 4 saturated carbocycles. The van der Waals surface area contributed by atoms with Crippen molar-refractivity contribution in [2.24, 2.45) is 23.2 Å². The molecular weight excluding hydrogens is 346 g/mol. The summed E-state index contributed by atoms with van der Waals surface area (Å²) in [6.07, 6.45) is 12.9. The number of rotatable bonds is 3. The van der Waals surface area contributed by atoms with Gasteiger partial charge in [-0.1, -0.05) is 12.1 Å². The van der Waals surface area contributed by atoms with Crippen LogP contribution in [-0.4, -0.2) is 0 Å². The molecular formula is C21H26BrN. The van der Waals surface area contributed by atoms with E-state index in [1.807, 2.05) is 0 Å². The van der Waals surface area contributed by atoms with Gasteiger partial charge in [-0.2, -0.15) is 4.57 Å². The number of aryl methyl sites for hydroxylation is 1. The fraction of sp³-hybridized carbons (Fsp3) is 0.571. The van der Waals surface area contributed by atoms with Gasteiger partial charge in [-0.3, -0.25) is 0 Å². The number of nitrogens with zero attached hydrogens (tertiary/aromatic N) is 1. The molecule has 2 heteroatoms. The molecule has 0 spiro atoms. The molecule has 1 heterocycles. The molecule has 0 unspecified atom stereocenters. The Morgan fingerprint density at radius 1 is 0.870 bits per heavy atom. The third-order valence-corrected chi connectivity index (χ3v) is 6.84. The van der Waals surface area contributed by atoms with Crippen LogP contribution in [0.3, 0.4) is 0 Å². The second-order valence-electron chi connectivity index (χ2n) is 8.43. The van der Waals surface area contributed by atoms with Crippen LogP contribution in [0, 0.1) is 23.2 Å². The van der Waals surface area contributed by atoms with Crippen molar-refractivity contribution < 1.29 is 21.5 Å². The Bertz CT molecular complexity index is 667. The highest BCUT2D eigenvalue weighted by molar-refractivity contribution is 5.74. The van der Waals surface area contributed by atoms with Gasteiger partial charge in [0.1, 0.15) is 6.54 Å². The molecule has 1 nitrogen and oxygen atoms in total. The van der Waals surface area contributed by atoms with Crippen LogP contribution in [0.25, 0.3) is 10.9 Å². The van der Waals surface area contributed by atoms with Crippen LogP contribution in [0.1, 0.15) is 44.9 Å². The maximum Gasteiger partial charge on any atom is 0.212 e. The minimum absolute atomic E-state index is 0. The molecule has 0 saturated heterocycles. The zero-order valence-electron chi connectivity index (χ0n) is 13.8. The second-order valence-corrected chi connectivity index (χ2v) is 8.43. The molecule has 0 amide bonds. The fourth-order valence-corrected chi connectivity index (χ4v) is 6.37. The first-order valence-corrected chi connectivity index (χ1v) is 9.17. The highest BCUT2D eigenvalue weighted by Gasteiger charge is 2.50. The molecule has 1 aromatic carbocycles. The molecule has 1 aromatic heterocycles. The van der Waals surface area contributed by atoms with Crippen molar-refractivity contribution in [3.05, 3.63) is 42.6 Å². The quantitative estimate of drug-likeness (QED) is 0.723. The monoisotopic (exact) mass is 371 g/mol. The number of fused-ring (bicyclic) bond motifs is 1. The Morgan fingerprint density at radius 2 is 1.48 bits per heavy atom. The van der Waals surface area contributed by atoms with Gasteiger partial charge in [-0.15, -0.1) is 0 Å². The van der Waals surface area contributed by atoms with Gasteiger partial charge in [0.2, 0.25) is 5.52 Å². The molecule has 0 aliphatic heterocycles. The summed E-state index contributed by atoms with van der Waals surface area (Å²) in [5.74, 6) is 3.22. The summed E-state index contributed by atoms with van der Waals surface area (Å²) in [5.41, 5.74) is 2.09. The van der Waals surface area contributed by atoms with E-state index in [4.69, 9.17) is 0 Å². The second kappa shape index (κ2) is 5.88. The van der Waals surface area contributed by atoms with Crippen LogP contribution in [0.5, 0.6) is 0 Å². The van der Waals surface area contributed by atoms with Crippen molar-refractivity contribution >= 4 is 10.9 Å². The Hall–Kier alpha value is -0.890. The normalized spacial score (nSPS) is 34.5. The molecule has 2 aromatic rings. The van der Waals surface area contributed by atoms with Crippen LogP contribution in [0.4, 0.5) is 0 Å². The summed E-state index contributed by atoms with van der Waals surface area (Å²) in [6.45, 7) is 1.20. The van der Waals surface area contributed by atoms with Gasteiger partial charge in [0, 0.05) is 23.9 Å². The average Bonchev–Trinajstić information content (AvgIpc) is 2.52. The van der Waals surface area contributed by atoms with E-state index in [1.54, 1.807) is 19.3 Å². The van der Waals surface area contributed by atoms with Crippen molar-refractivity contribution in [2.75, 3.05) is 0 Å². The molecule has 6 rings (SSSR count). The van der Waals surface area contributed by atoms with Gasteiger partial charge < -0.3 is 17.0 Å². The topological polar surface area (TPSA) is 3.88 Å². The summed E-state index contributed by atoms with van der Waals surface area (Å²) in [5, 5.41) is 1.37. The van der Waals surface area contributed by atoms with Gasteiger partial charge in [0.05, 0.1) is 0 Å². The van der Waals surface area contributed by atoms with Gasteiger partial charge in [-0.25, -0.2) is 0 Å². The molecule has 4 aliphatic carbocycles. The van der Waals surface area contributed by atoms with E-state index in [0.717, 1.165) is 17.8 Å². The standard InChI is InChI=1S/C21H26N.BrH/c1-2-6-20-19(4-1)5-3-8-22(20)9-7-21-13-16-10-17(14-21)12-18(11-16)15-21;/h1-6,8,16-18H,7,9-15H2;1H/q+1;/p-1. The summed E-state index contributed by atoms with van der Waals surface area (Å²) in [4.78, 5) is 0. The number of aromatic nitrogens is 1. The number of benzene rings is 1. The SMILES string of the molecule is [Br-].c1ccc2c(c1)ccc[n+]2CCC12CC3CC(CC(C3)C1)C2. The zero-order chi connectivity index (χ0) is 14.6. The van der Waals surface area contributed by atoms with Crippen molar-refractivity contribution in [3.8, 4) is 0 Å². The molecule has 0 N–H and O–H groups in total. The van der Waals surface area contributed by atoms with E-state index in [0.29, 0.717) is 5.41 Å². The Kier molecular flexibility index (Phi) is 3.99. The van der Waals surface area contributed by atoms with Crippen LogP contribution in [0.15, 0.2) is 42.6 Å². The van der Waals surface area contributed by atoms with Crippen molar-refractivity contribution in [3.63, 3.8) is 0 Å². The highest BCUT2D eigenvalue weighted by atomic mass is 79.9. The maximum absolute atomic E-state index is 2.49. The number of hydrogen-bond acceptors (Lipinski definition) is 0. The minimum Gasteiger partial charge on any atom is -1.00 e. The Morgan fingerprint density at radius 3 is 2.17 bits per heavy atom. The summed E-state index contributed by atoms with van der Waals surface area (Å²) in [6, 6.07) is 13.3. The van der Waals surface area contributed by atoms with E-state index in [9.17, 15) is 0 Å². The third-order valence-electron chi connectivity index (χ3n) is 6.84. The van der Waals surface area contributed by atoms with E-state index < -0.39 is 0 Å². The summed E-state index contributed by atoms with van der Waals surface area (Å²) in [7, 11) is 0. The van der Waals surface area contributed by atoms with Gasteiger partial charge in [0.15, 0.2) is 6.20 Å². The average molecular weight is 372 g/mol. The number of halogens is 1. The van der Waals surface area contributed by atoms with E-state index in [1.165, 1.54) is 43.1 Å². The van der Waals surface area contributed by atoms with Crippen molar-refractivity contribution in [1.29, 1.82) is 0 Å². The summed E-state index contributed by atoms with van der Waals surface area (Å²) < 4.78 is 2.49. The molecule has 4 bridgehead atoms. The van der Waals surface area contributed by atoms with Crippen LogP contribution in [0.2, 0.25) is 0 Å². The molecule has 0 atom stereocenters. The lowest BCUT2D eigenvalue weighted by Crippen LogP contribution is -3.00. The lowest BCUT2D eigenvalue weighted by molar-refractivity contribution is -0.674. The van der Waals surface area contributed by atoms with Gasteiger partial charge in [0.25, 0.3) is 0 Å². The lowest BCUT2D eigenvalue weighted by Gasteiger charge is -2.56. The number of pyridine rings is 1. The molecule has 122 valence electrons. The molecule has 23 heavy (non-hydrogen) atoms. The first-order chi connectivity index (χ1) is 10.8. The predicted octanol–water partition coefficient (Wildman–Crippen LogP) is 1.74. The summed E-state index contributed by atoms with van der Waals surface area (Å²) >= 11 is 0. The van der Waals surface area contributed by atoms with Crippen LogP contribution < -0.4 is 21.5 Å². The van der Waals surface area contributed by atoms with Gasteiger partial charge >= 0.3 is 0 Å². The predicted molar refractivity (Wildman–Crippen MR) is 89.4 cm³/mol. The van der Waals surface area contributed by atoms with E-state index >= 15 is 0 Å². The van der Waals surface area contributed by atoms with Gasteiger partial charge in [-0.05, 0) is 73.8 Å². The van der Waals surface area contributed by atoms with Crippen LogP contribution in [-0.2, 0) is 6.54 Å². The Labute approximate surface area is 149 Å². The molecule has 0 radical (unpaired) electrons. The maximum atomic E-state index is 2.49. The first-order valence-electron chi connectivity index (χ1n) is 9.17. The van der Waals surface area contributed by atoms with Crippen molar-refractivity contribution in [1.82, 2.24) is 0 Å². The molecule has 4 fully saturated rings. The molecule has 4 aliphatic rings. The smallest absolute Gasteiger partial charge is 0.212 e. The van der Waals surface area contributed by atoms with Crippen LogP contribution >= 0.6 is 0 Å². The van der Waals surface area contributed by atoms with E-state index in [2.05, 4.69) is 47.2 Å². The highest BCUT2D eigenvalue weighted by Crippen LogP contribution is 2.61. The van der Waals surface area contributed by atoms with Crippen molar-refractivity contribution in [2.45, 2.75) is 51.5 Å². The fourth-order valence-electron chi connectivity index (χ4n) is 6.37. The number of hydrogen-bond donors (Lipinski definition) is 0.